The fraction of sp³-hybridized carbons (Fsp3) is 0.0667. The van der Waals surface area contributed by atoms with Crippen LogP contribution in [0.15, 0.2) is 103 Å². The van der Waals surface area contributed by atoms with Gasteiger partial charge in [-0.2, -0.15) is 0 Å². The number of carboxylic acid groups (broad SMARTS) is 1. The van der Waals surface area contributed by atoms with Crippen molar-refractivity contribution in [3.8, 4) is 16.9 Å². The lowest BCUT2D eigenvalue weighted by Gasteiger charge is -2.23. The molecule has 0 atom stereocenters. The van der Waals surface area contributed by atoms with Gasteiger partial charge in [0.05, 0.1) is 6.54 Å². The van der Waals surface area contributed by atoms with Crippen molar-refractivity contribution >= 4 is 33.4 Å². The fourth-order valence-corrected chi connectivity index (χ4v) is 4.60. The van der Waals surface area contributed by atoms with Crippen LogP contribution in [0, 0.1) is 0 Å². The highest BCUT2D eigenvalue weighted by molar-refractivity contribution is 6.31. The molecule has 5 heteroatoms. The Morgan fingerprint density at radius 1 is 0.657 bits per heavy atom. The first kappa shape index (κ1) is 22.2. The summed E-state index contributed by atoms with van der Waals surface area (Å²) >= 11 is 0. The Kier molecular flexibility index (Phi) is 5.90. The molecule has 0 fully saturated rings. The summed E-state index contributed by atoms with van der Waals surface area (Å²) in [7, 11) is 0. The maximum absolute atomic E-state index is 12.6. The van der Waals surface area contributed by atoms with Gasteiger partial charge < -0.3 is 15.1 Å². The Morgan fingerprint density at radius 2 is 1.29 bits per heavy atom. The van der Waals surface area contributed by atoms with Crippen molar-refractivity contribution in [2.45, 2.75) is 13.1 Å². The number of carboxylic acids is 1. The van der Waals surface area contributed by atoms with Crippen LogP contribution in [-0.4, -0.2) is 27.0 Å². The van der Waals surface area contributed by atoms with Crippen molar-refractivity contribution in [1.29, 1.82) is 0 Å². The number of carbonyl (C=O) groups excluding carboxylic acids is 1. The number of carbonyl (C=O) groups is 2. The van der Waals surface area contributed by atoms with Crippen LogP contribution in [0.25, 0.3) is 32.7 Å². The van der Waals surface area contributed by atoms with Crippen LogP contribution in [0.5, 0.6) is 5.75 Å². The van der Waals surface area contributed by atoms with Gasteiger partial charge in [-0.25, -0.2) is 4.79 Å². The normalized spacial score (nSPS) is 11.0. The summed E-state index contributed by atoms with van der Waals surface area (Å²) in [4.78, 5) is 25.4. The van der Waals surface area contributed by atoms with Gasteiger partial charge in [0, 0.05) is 12.1 Å². The Balaban J connectivity index is 1.64. The molecule has 0 radical (unpaired) electrons. The topological polar surface area (TPSA) is 77.8 Å². The molecule has 0 heterocycles. The van der Waals surface area contributed by atoms with E-state index in [1.807, 2.05) is 91.0 Å². The van der Waals surface area contributed by atoms with Gasteiger partial charge in [0.25, 0.3) is 0 Å². The van der Waals surface area contributed by atoms with Gasteiger partial charge in [-0.15, -0.1) is 0 Å². The van der Waals surface area contributed by atoms with E-state index in [-0.39, 0.29) is 18.8 Å². The molecule has 0 aliphatic heterocycles. The molecular weight excluding hydrogens is 438 g/mol. The first-order chi connectivity index (χ1) is 17.0. The molecule has 1 amide bonds. The number of aromatic hydroxyl groups is 1. The molecule has 172 valence electrons. The minimum atomic E-state index is -1.53. The van der Waals surface area contributed by atoms with E-state index in [4.69, 9.17) is 0 Å². The first-order valence-electron chi connectivity index (χ1n) is 11.3. The SMILES string of the molecule is O=C(O)C(=O)N(Cc1ccccc1)Cc1c(O)cc(-c2cccc3ccccc23)c2ccccc12. The van der Waals surface area contributed by atoms with Crippen LogP contribution in [0.2, 0.25) is 0 Å². The molecule has 0 spiro atoms. The zero-order valence-corrected chi connectivity index (χ0v) is 18.9. The number of phenolic OH excluding ortho intramolecular Hbond substituents is 1. The molecule has 0 saturated heterocycles. The molecule has 5 aromatic rings. The first-order valence-corrected chi connectivity index (χ1v) is 11.3. The van der Waals surface area contributed by atoms with Crippen LogP contribution in [0.1, 0.15) is 11.1 Å². The molecule has 5 rings (SSSR count). The number of nitrogens with zero attached hydrogens (tertiary/aromatic N) is 1. The van der Waals surface area contributed by atoms with Gasteiger partial charge in [0.15, 0.2) is 0 Å². The summed E-state index contributed by atoms with van der Waals surface area (Å²) < 4.78 is 0. The van der Waals surface area contributed by atoms with Crippen molar-refractivity contribution in [3.63, 3.8) is 0 Å². The summed E-state index contributed by atoms with van der Waals surface area (Å²) in [5, 5.41) is 24.5. The van der Waals surface area contributed by atoms with Crippen LogP contribution in [-0.2, 0) is 22.7 Å². The van der Waals surface area contributed by atoms with Crippen LogP contribution in [0.3, 0.4) is 0 Å². The minimum absolute atomic E-state index is 0.0166. The lowest BCUT2D eigenvalue weighted by molar-refractivity contribution is -0.156. The van der Waals surface area contributed by atoms with Crippen molar-refractivity contribution in [1.82, 2.24) is 4.90 Å². The van der Waals surface area contributed by atoms with E-state index in [2.05, 4.69) is 6.07 Å². The fourth-order valence-electron chi connectivity index (χ4n) is 4.60. The summed E-state index contributed by atoms with van der Waals surface area (Å²) in [5.41, 5.74) is 3.18. The summed E-state index contributed by atoms with van der Waals surface area (Å²) in [6.07, 6.45) is 0. The van der Waals surface area contributed by atoms with Crippen molar-refractivity contribution < 1.29 is 19.8 Å². The van der Waals surface area contributed by atoms with Crippen LogP contribution < -0.4 is 0 Å². The third kappa shape index (κ3) is 4.32. The summed E-state index contributed by atoms with van der Waals surface area (Å²) in [6, 6.07) is 32.8. The van der Waals surface area contributed by atoms with E-state index in [1.54, 1.807) is 6.07 Å². The number of phenols is 1. The monoisotopic (exact) mass is 461 g/mol. The van der Waals surface area contributed by atoms with Gasteiger partial charge in [-0.05, 0) is 44.3 Å². The highest BCUT2D eigenvalue weighted by atomic mass is 16.4. The van der Waals surface area contributed by atoms with E-state index in [1.165, 1.54) is 4.90 Å². The minimum Gasteiger partial charge on any atom is -0.508 e. The number of hydrogen-bond donors (Lipinski definition) is 2. The molecule has 5 nitrogen and oxygen atoms in total. The standard InChI is InChI=1S/C30H23NO4/c32-28-17-26(23-16-8-12-21-11-4-5-13-22(21)23)24-14-6-7-15-25(24)27(28)19-31(29(33)30(34)35)18-20-9-2-1-3-10-20/h1-17,32H,18-19H2,(H,34,35). The number of benzene rings is 5. The molecule has 5 aromatic carbocycles. The third-order valence-corrected chi connectivity index (χ3v) is 6.25. The molecular formula is C30H23NO4. The predicted molar refractivity (Wildman–Crippen MR) is 137 cm³/mol. The Labute approximate surface area is 202 Å². The van der Waals surface area contributed by atoms with Gasteiger partial charge in [-0.3, -0.25) is 4.79 Å². The van der Waals surface area contributed by atoms with Crippen molar-refractivity contribution in [2.75, 3.05) is 0 Å². The van der Waals surface area contributed by atoms with Crippen LogP contribution >= 0.6 is 0 Å². The van der Waals surface area contributed by atoms with Gasteiger partial charge in [0.2, 0.25) is 0 Å². The van der Waals surface area contributed by atoms with Gasteiger partial charge in [-0.1, -0.05) is 97.1 Å². The second kappa shape index (κ2) is 9.31. The van der Waals surface area contributed by atoms with Gasteiger partial charge >= 0.3 is 11.9 Å². The average molecular weight is 462 g/mol. The maximum atomic E-state index is 12.6. The lowest BCUT2D eigenvalue weighted by atomic mass is 9.91. The lowest BCUT2D eigenvalue weighted by Crippen LogP contribution is -2.35. The second-order valence-electron chi connectivity index (χ2n) is 8.45. The zero-order chi connectivity index (χ0) is 24.4. The highest BCUT2D eigenvalue weighted by Gasteiger charge is 2.24. The average Bonchev–Trinajstić information content (AvgIpc) is 2.89. The van der Waals surface area contributed by atoms with Crippen molar-refractivity contribution in [2.24, 2.45) is 0 Å². The Bertz CT molecular complexity index is 1550. The molecule has 35 heavy (non-hydrogen) atoms. The van der Waals surface area contributed by atoms with E-state index in [0.717, 1.165) is 38.2 Å². The predicted octanol–water partition coefficient (Wildman–Crippen LogP) is 5.98. The second-order valence-corrected chi connectivity index (χ2v) is 8.45. The van der Waals surface area contributed by atoms with E-state index in [0.29, 0.717) is 5.56 Å². The number of rotatable bonds is 5. The van der Waals surface area contributed by atoms with Gasteiger partial charge in [0.1, 0.15) is 5.75 Å². The molecule has 0 bridgehead atoms. The quantitative estimate of drug-likeness (QED) is 0.316. The van der Waals surface area contributed by atoms with E-state index in [9.17, 15) is 19.8 Å². The molecule has 0 aliphatic carbocycles. The van der Waals surface area contributed by atoms with E-state index >= 15 is 0 Å². The molecule has 0 aromatic heterocycles. The number of aliphatic carboxylic acids is 1. The summed E-state index contributed by atoms with van der Waals surface area (Å²) in [6.45, 7) is 0.0764. The Morgan fingerprint density at radius 3 is 2.03 bits per heavy atom. The smallest absolute Gasteiger partial charge is 0.394 e. The van der Waals surface area contributed by atoms with E-state index < -0.39 is 11.9 Å². The molecule has 0 aliphatic rings. The molecule has 0 saturated carbocycles. The number of amides is 1. The number of hydrogen-bond acceptors (Lipinski definition) is 3. The van der Waals surface area contributed by atoms with Crippen LogP contribution in [0.4, 0.5) is 0 Å². The Hall–Kier alpha value is -4.64. The number of fused-ring (bicyclic) bond motifs is 2. The summed E-state index contributed by atoms with van der Waals surface area (Å²) in [5.74, 6) is -2.53. The highest BCUT2D eigenvalue weighted by Crippen LogP contribution is 2.39. The van der Waals surface area contributed by atoms with Crippen molar-refractivity contribution in [3.05, 3.63) is 114 Å². The molecule has 0 unspecified atom stereocenters. The zero-order valence-electron chi connectivity index (χ0n) is 18.9. The largest absolute Gasteiger partial charge is 0.508 e. The third-order valence-electron chi connectivity index (χ3n) is 6.25. The maximum Gasteiger partial charge on any atom is 0.394 e. The molecule has 2 N–H and O–H groups in total.